The molecule has 0 N–H and O–H groups in total. The highest BCUT2D eigenvalue weighted by atomic mass is 14.6. The minimum absolute atomic E-state index is 0.253. The van der Waals surface area contributed by atoms with Gasteiger partial charge in [-0.3, -0.25) is 0 Å². The zero-order valence-corrected chi connectivity index (χ0v) is 51.9. The van der Waals surface area contributed by atoms with Crippen LogP contribution in [0.3, 0.4) is 0 Å². The summed E-state index contributed by atoms with van der Waals surface area (Å²) in [5, 5.41) is 5.25. The first-order valence-electron chi connectivity index (χ1n) is 32.8. The summed E-state index contributed by atoms with van der Waals surface area (Å²) >= 11 is 0. The predicted molar refractivity (Wildman–Crippen MR) is 378 cm³/mol. The van der Waals surface area contributed by atoms with Gasteiger partial charge in [-0.2, -0.15) is 0 Å². The highest BCUT2D eigenvalue weighted by Gasteiger charge is 2.55. The van der Waals surface area contributed by atoms with Gasteiger partial charge in [0.1, 0.15) is 0 Å². The summed E-state index contributed by atoms with van der Waals surface area (Å²) in [6.07, 6.45) is 0. The molecule has 2 spiro atoms. The van der Waals surface area contributed by atoms with Gasteiger partial charge in [0.25, 0.3) is 0 Å². The van der Waals surface area contributed by atoms with Gasteiger partial charge in [-0.1, -0.05) is 272 Å². The number of fused-ring (bicyclic) bond motifs is 33. The van der Waals surface area contributed by atoms with Gasteiger partial charge in [0.2, 0.25) is 0 Å². The quantitative estimate of drug-likeness (QED) is 0.162. The summed E-state index contributed by atoms with van der Waals surface area (Å²) < 4.78 is 0. The van der Waals surface area contributed by atoms with E-state index < -0.39 is 10.8 Å². The van der Waals surface area contributed by atoms with Crippen LogP contribution in [0.5, 0.6) is 0 Å². The van der Waals surface area contributed by atoms with Crippen molar-refractivity contribution < 1.29 is 0 Å². The molecular weight excluding hydrogens is 1090 g/mol. The van der Waals surface area contributed by atoms with E-state index in [0.717, 1.165) is 0 Å². The van der Waals surface area contributed by atoms with Gasteiger partial charge in [0.05, 0.1) is 10.8 Å². The van der Waals surface area contributed by atoms with Gasteiger partial charge < -0.3 is 0 Å². The molecule has 14 aromatic rings. The normalized spacial score (nSPS) is 16.5. The van der Waals surface area contributed by atoms with Crippen molar-refractivity contribution in [2.45, 2.75) is 68.6 Å². The molecule has 14 aromatic carbocycles. The Morgan fingerprint density at radius 3 is 0.758 bits per heavy atom. The topological polar surface area (TPSA) is 0 Å². The van der Waals surface area contributed by atoms with E-state index in [1.54, 1.807) is 0 Å². The average Bonchev–Trinajstić information content (AvgIpc) is 1.53. The number of hydrogen-bond donors (Lipinski definition) is 0. The maximum absolute atomic E-state index is 2.64. The van der Waals surface area contributed by atoms with Gasteiger partial charge in [0.15, 0.2) is 0 Å². The van der Waals surface area contributed by atoms with Crippen molar-refractivity contribution in [3.05, 3.63) is 345 Å². The van der Waals surface area contributed by atoms with Gasteiger partial charge in [-0.15, -0.1) is 0 Å². The lowest BCUT2D eigenvalue weighted by Crippen LogP contribution is -2.25. The number of hydrogen-bond acceptors (Lipinski definition) is 0. The molecule has 426 valence electrons. The van der Waals surface area contributed by atoms with Crippen LogP contribution in [0.15, 0.2) is 267 Å². The molecule has 0 bridgehead atoms. The van der Waals surface area contributed by atoms with Crippen LogP contribution < -0.4 is 0 Å². The van der Waals surface area contributed by atoms with Crippen LogP contribution in [0.2, 0.25) is 0 Å². The third-order valence-corrected chi connectivity index (χ3v) is 23.9. The Morgan fingerprint density at radius 2 is 0.396 bits per heavy atom. The van der Waals surface area contributed by atoms with E-state index in [0.29, 0.717) is 0 Å². The van der Waals surface area contributed by atoms with Crippen molar-refractivity contribution in [1.29, 1.82) is 0 Å². The van der Waals surface area contributed by atoms with Gasteiger partial charge >= 0.3 is 0 Å². The van der Waals surface area contributed by atoms with E-state index in [4.69, 9.17) is 0 Å². The van der Waals surface area contributed by atoms with Gasteiger partial charge in [-0.05, 0) is 236 Å². The monoisotopic (exact) mass is 1150 g/mol. The maximum Gasteiger partial charge on any atom is 0.0725 e. The lowest BCUT2D eigenvalue weighted by atomic mass is 9.70. The smallest absolute Gasteiger partial charge is 0.0619 e. The molecular formula is C91H62. The van der Waals surface area contributed by atoms with Crippen LogP contribution in [0, 0.1) is 0 Å². The van der Waals surface area contributed by atoms with E-state index in [1.165, 1.54) is 200 Å². The molecule has 91 heavy (non-hydrogen) atoms. The molecule has 0 fully saturated rings. The predicted octanol–water partition coefficient (Wildman–Crippen LogP) is 22.9. The molecule has 0 saturated heterocycles. The van der Waals surface area contributed by atoms with Crippen molar-refractivity contribution >= 4 is 21.5 Å². The van der Waals surface area contributed by atoms with Crippen molar-refractivity contribution in [1.82, 2.24) is 0 Å². The first kappa shape index (κ1) is 50.5. The molecule has 0 atom stereocenters. The fourth-order valence-corrected chi connectivity index (χ4v) is 20.1. The van der Waals surface area contributed by atoms with Crippen molar-refractivity contribution in [3.63, 3.8) is 0 Å². The molecule has 0 heteroatoms. The molecule has 0 saturated carbocycles. The summed E-state index contributed by atoms with van der Waals surface area (Å²) in [5.74, 6) is 0. The Labute approximate surface area is 531 Å². The van der Waals surface area contributed by atoms with Gasteiger partial charge in [-0.25, -0.2) is 0 Å². The molecule has 0 aliphatic heterocycles. The molecule has 0 radical (unpaired) electrons. The zero-order valence-electron chi connectivity index (χ0n) is 51.9. The third kappa shape index (κ3) is 5.72. The standard InChI is InChI=1S/C91H62/c1-87(2)77-49-67-79(88(3,4)81-45-63(51-25-7-9-31-57(51)85(67)81)59-35-23-43-75-83(59)61-33-15-21-41-73(61)90(75)69-37-17-11-27-53(69)54-28-12-18-38-70(54)90)47-65(77)66-48-80-68(50-78(66)87)86-58-32-10-8-26-52(58)64(46-82(86)89(80,5)6)60-36-24-44-76-84(60)62-34-16-22-42-74(62)91(76)71-39-19-13-29-55(71)56-30-14-20-40-72(56)91/h7-50H,1-6H3. The maximum atomic E-state index is 2.64. The van der Waals surface area contributed by atoms with E-state index in [1.807, 2.05) is 0 Å². The van der Waals surface area contributed by atoms with Crippen LogP contribution in [0.1, 0.15) is 119 Å². The Morgan fingerprint density at radius 1 is 0.154 bits per heavy atom. The Balaban J connectivity index is 0.721. The van der Waals surface area contributed by atoms with Crippen LogP contribution >= 0.6 is 0 Å². The first-order chi connectivity index (χ1) is 44.4. The van der Waals surface area contributed by atoms with Crippen LogP contribution in [-0.4, -0.2) is 0 Å². The molecule has 7 aliphatic carbocycles. The molecule has 0 heterocycles. The van der Waals surface area contributed by atoms with Crippen LogP contribution in [-0.2, 0) is 27.1 Å². The lowest BCUT2D eigenvalue weighted by Gasteiger charge is -2.30. The summed E-state index contributed by atoms with van der Waals surface area (Å²) in [6, 6.07) is 104. The second kappa shape index (κ2) is 16.7. The van der Waals surface area contributed by atoms with E-state index >= 15 is 0 Å². The second-order valence-electron chi connectivity index (χ2n) is 28.8. The molecule has 0 nitrogen and oxygen atoms in total. The fraction of sp³-hybridized carbons (Fsp3) is 0.121. The van der Waals surface area contributed by atoms with Crippen LogP contribution in [0.25, 0.3) is 122 Å². The average molecular weight is 1160 g/mol. The Bertz CT molecular complexity index is 5310. The van der Waals surface area contributed by atoms with E-state index in [9.17, 15) is 0 Å². The fourth-order valence-electron chi connectivity index (χ4n) is 20.1. The molecule has 7 aliphatic rings. The molecule has 21 rings (SSSR count). The summed E-state index contributed by atoms with van der Waals surface area (Å²) in [6.45, 7) is 15.0. The molecule has 0 unspecified atom stereocenters. The minimum Gasteiger partial charge on any atom is -0.0619 e. The molecule has 0 amide bonds. The van der Waals surface area contributed by atoms with E-state index in [-0.39, 0.29) is 16.2 Å². The van der Waals surface area contributed by atoms with Crippen molar-refractivity contribution in [2.24, 2.45) is 0 Å². The zero-order chi connectivity index (χ0) is 60.4. The van der Waals surface area contributed by atoms with Crippen molar-refractivity contribution in [2.75, 3.05) is 0 Å². The number of rotatable bonds is 2. The lowest BCUT2D eigenvalue weighted by molar-refractivity contribution is 0.649. The summed E-state index contributed by atoms with van der Waals surface area (Å²) in [5.41, 5.74) is 42.1. The van der Waals surface area contributed by atoms with Gasteiger partial charge in [0, 0.05) is 16.2 Å². The third-order valence-electron chi connectivity index (χ3n) is 23.9. The molecule has 0 aromatic heterocycles. The Hall–Kier alpha value is -10.4. The summed E-state index contributed by atoms with van der Waals surface area (Å²) in [7, 11) is 0. The number of benzene rings is 14. The van der Waals surface area contributed by atoms with Crippen LogP contribution in [0.4, 0.5) is 0 Å². The Kier molecular flexibility index (Phi) is 9.26. The minimum atomic E-state index is -0.410. The second-order valence-corrected chi connectivity index (χ2v) is 28.8. The summed E-state index contributed by atoms with van der Waals surface area (Å²) in [4.78, 5) is 0. The highest BCUT2D eigenvalue weighted by Crippen LogP contribution is 2.68. The van der Waals surface area contributed by atoms with Crippen molar-refractivity contribution in [3.8, 4) is 100 Å². The van der Waals surface area contributed by atoms with E-state index in [2.05, 4.69) is 308 Å². The first-order valence-corrected chi connectivity index (χ1v) is 32.8. The SMILES string of the molecule is CC1(C)c2cc3c(cc2-c2cc4c(cc21)-c1c(cc(-c2cccc5c2-c2ccccc2C52c5ccccc5-c5ccccc52)c2ccccc12)C4(C)C)C(C)(C)c1cc(-c2cccc4c2-c2ccccc2C42c4ccccc4-c4ccccc42)c2ccccc2c1-3. The largest absolute Gasteiger partial charge is 0.0725 e. The highest BCUT2D eigenvalue weighted by molar-refractivity contribution is 6.15.